The second kappa shape index (κ2) is 11.3. The van der Waals surface area contributed by atoms with Crippen LogP contribution in [0.5, 0.6) is 0 Å². The summed E-state index contributed by atoms with van der Waals surface area (Å²) in [5.41, 5.74) is 3.02. The van der Waals surface area contributed by atoms with E-state index in [1.54, 1.807) is 23.5 Å². The lowest BCUT2D eigenvalue weighted by molar-refractivity contribution is 0.0945. The van der Waals surface area contributed by atoms with Crippen molar-refractivity contribution in [1.82, 2.24) is 34.9 Å². The molecule has 1 aromatic carbocycles. The van der Waals surface area contributed by atoms with E-state index >= 15 is 0 Å². The highest BCUT2D eigenvalue weighted by atomic mass is 35.5. The van der Waals surface area contributed by atoms with Gasteiger partial charge in [0.1, 0.15) is 5.69 Å². The van der Waals surface area contributed by atoms with Crippen molar-refractivity contribution in [2.45, 2.75) is 37.1 Å². The Morgan fingerprint density at radius 1 is 1.00 bits per heavy atom. The molecule has 2 N–H and O–H groups in total. The van der Waals surface area contributed by atoms with Gasteiger partial charge in [0.25, 0.3) is 5.91 Å². The second-order valence-corrected chi connectivity index (χ2v) is 12.8. The van der Waals surface area contributed by atoms with Gasteiger partial charge in [-0.15, -0.1) is 0 Å². The summed E-state index contributed by atoms with van der Waals surface area (Å²) in [6.45, 7) is 6.88. The fraction of sp³-hybridized carbons (Fsp3) is 0.406. The number of aromatic nitrogens is 4. The van der Waals surface area contributed by atoms with Crippen LogP contribution in [0.4, 0.5) is 16.3 Å². The minimum absolute atomic E-state index is 0.0490. The van der Waals surface area contributed by atoms with Crippen molar-refractivity contribution >= 4 is 40.7 Å². The molecule has 228 valence electrons. The van der Waals surface area contributed by atoms with Crippen molar-refractivity contribution < 1.29 is 9.59 Å². The smallest absolute Gasteiger partial charge is 0.318 e. The number of hydrogen-bond donors (Lipinski definition) is 2. The number of carbonyl (C=O) groups excluding carboxylic acids is 2. The van der Waals surface area contributed by atoms with E-state index in [0.29, 0.717) is 24.7 Å². The number of urea groups is 1. The standard InChI is InChI=1S/C32H36ClN9O2/c1-31(23-5-3-2-4-6-23)7-13-41(21-31)24-19-25(33)26(37-20-24)29(43)36-12-18-42-22-32(38-30(42)44)8-14-39(15-9-32)27-28-35-11-17-40(28)16-10-34-27/h2-6,10-11,16-17,19-20H,7-9,12-15,18,21-22H2,1H3,(H,36,43)(H,38,44)/t31-/m0/s1. The van der Waals surface area contributed by atoms with Gasteiger partial charge in [-0.2, -0.15) is 0 Å². The zero-order chi connectivity index (χ0) is 30.3. The highest BCUT2D eigenvalue weighted by molar-refractivity contribution is 6.33. The highest BCUT2D eigenvalue weighted by Crippen LogP contribution is 2.37. The molecular weight excluding hydrogens is 578 g/mol. The third-order valence-electron chi connectivity index (χ3n) is 9.48. The molecule has 3 aliphatic heterocycles. The van der Waals surface area contributed by atoms with Gasteiger partial charge in [-0.1, -0.05) is 48.9 Å². The van der Waals surface area contributed by atoms with Gasteiger partial charge in [0.15, 0.2) is 11.5 Å². The number of nitrogens with one attached hydrogen (secondary N) is 2. The molecule has 7 rings (SSSR count). The summed E-state index contributed by atoms with van der Waals surface area (Å²) in [6, 6.07) is 12.3. The maximum atomic E-state index is 13.0. The third-order valence-corrected chi connectivity index (χ3v) is 9.77. The Morgan fingerprint density at radius 2 is 1.75 bits per heavy atom. The average molecular weight is 614 g/mol. The maximum Gasteiger partial charge on any atom is 0.318 e. The molecular formula is C32H36ClN9O2. The molecule has 0 bridgehead atoms. The lowest BCUT2D eigenvalue weighted by atomic mass is 9.82. The largest absolute Gasteiger partial charge is 0.369 e. The first kappa shape index (κ1) is 28.4. The van der Waals surface area contributed by atoms with Crippen LogP contribution in [-0.2, 0) is 5.41 Å². The normalized spacial score (nSPS) is 21.3. The quantitative estimate of drug-likeness (QED) is 0.327. The number of fused-ring (bicyclic) bond motifs is 1. The first-order chi connectivity index (χ1) is 21.3. The van der Waals surface area contributed by atoms with Crippen LogP contribution in [0.3, 0.4) is 0 Å². The van der Waals surface area contributed by atoms with E-state index in [4.69, 9.17) is 11.6 Å². The van der Waals surface area contributed by atoms with Gasteiger partial charge >= 0.3 is 6.03 Å². The third kappa shape index (κ3) is 5.29. The number of hydrogen-bond acceptors (Lipinski definition) is 7. The first-order valence-electron chi connectivity index (χ1n) is 15.2. The van der Waals surface area contributed by atoms with Crippen LogP contribution in [0.2, 0.25) is 5.02 Å². The minimum Gasteiger partial charge on any atom is -0.369 e. The molecule has 3 fully saturated rings. The van der Waals surface area contributed by atoms with Crippen molar-refractivity contribution in [1.29, 1.82) is 0 Å². The molecule has 0 radical (unpaired) electrons. The molecule has 0 aliphatic carbocycles. The highest BCUT2D eigenvalue weighted by Gasteiger charge is 2.44. The summed E-state index contributed by atoms with van der Waals surface area (Å²) in [5.74, 6) is 0.517. The van der Waals surface area contributed by atoms with Crippen molar-refractivity contribution in [3.05, 3.63) is 83.7 Å². The van der Waals surface area contributed by atoms with Crippen LogP contribution < -0.4 is 20.4 Å². The fourth-order valence-corrected chi connectivity index (χ4v) is 7.12. The first-order valence-corrected chi connectivity index (χ1v) is 15.5. The lowest BCUT2D eigenvalue weighted by Crippen LogP contribution is -2.52. The molecule has 0 unspecified atom stereocenters. The number of pyridine rings is 1. The minimum atomic E-state index is -0.347. The molecule has 0 saturated carbocycles. The molecule has 3 aromatic heterocycles. The van der Waals surface area contributed by atoms with Gasteiger partial charge in [0, 0.05) is 76.0 Å². The van der Waals surface area contributed by atoms with E-state index in [2.05, 4.69) is 66.6 Å². The van der Waals surface area contributed by atoms with Crippen LogP contribution in [0.1, 0.15) is 42.2 Å². The molecule has 1 atom stereocenters. The monoisotopic (exact) mass is 613 g/mol. The molecule has 6 heterocycles. The summed E-state index contributed by atoms with van der Waals surface area (Å²) >= 11 is 6.56. The SMILES string of the molecule is C[C@]1(c2ccccc2)CCN(c2cnc(C(=O)NCCN3CC4(CCN(c5nccn6ccnc56)CC4)NC3=O)c(Cl)c2)C1. The molecule has 12 heteroatoms. The van der Waals surface area contributed by atoms with Crippen molar-refractivity contribution in [3.8, 4) is 0 Å². The number of carbonyl (C=O) groups is 2. The zero-order valence-electron chi connectivity index (χ0n) is 24.7. The van der Waals surface area contributed by atoms with E-state index in [-0.39, 0.29) is 28.6 Å². The van der Waals surface area contributed by atoms with Gasteiger partial charge < -0.3 is 29.7 Å². The molecule has 4 aromatic rings. The summed E-state index contributed by atoms with van der Waals surface area (Å²) in [7, 11) is 0. The van der Waals surface area contributed by atoms with E-state index in [9.17, 15) is 9.59 Å². The Labute approximate surface area is 261 Å². The number of nitrogens with zero attached hydrogens (tertiary/aromatic N) is 7. The average Bonchev–Trinajstić information content (AvgIpc) is 3.76. The molecule has 11 nitrogen and oxygen atoms in total. The summed E-state index contributed by atoms with van der Waals surface area (Å²) < 4.78 is 1.96. The zero-order valence-corrected chi connectivity index (χ0v) is 25.5. The number of piperidine rings is 1. The molecule has 44 heavy (non-hydrogen) atoms. The number of amides is 3. The molecule has 3 saturated heterocycles. The Bertz CT molecular complexity index is 1690. The van der Waals surface area contributed by atoms with Gasteiger partial charge in [-0.05, 0) is 30.9 Å². The van der Waals surface area contributed by atoms with E-state index in [0.717, 1.165) is 62.6 Å². The van der Waals surface area contributed by atoms with Crippen LogP contribution in [-0.4, -0.2) is 87.5 Å². The second-order valence-electron chi connectivity index (χ2n) is 12.4. The lowest BCUT2D eigenvalue weighted by Gasteiger charge is -2.39. The Morgan fingerprint density at radius 3 is 2.52 bits per heavy atom. The van der Waals surface area contributed by atoms with E-state index in [1.807, 2.05) is 28.9 Å². The Hall–Kier alpha value is -4.38. The molecule has 3 aliphatic rings. The predicted octanol–water partition coefficient (Wildman–Crippen LogP) is 3.74. The van der Waals surface area contributed by atoms with Gasteiger partial charge in [-0.3, -0.25) is 4.79 Å². The van der Waals surface area contributed by atoms with Crippen LogP contribution in [0.25, 0.3) is 5.65 Å². The number of halogens is 1. The van der Waals surface area contributed by atoms with E-state index in [1.165, 1.54) is 5.56 Å². The molecule has 3 amide bonds. The van der Waals surface area contributed by atoms with Crippen LogP contribution in [0.15, 0.2) is 67.4 Å². The number of anilines is 2. The van der Waals surface area contributed by atoms with Crippen LogP contribution in [0, 0.1) is 0 Å². The van der Waals surface area contributed by atoms with Crippen molar-refractivity contribution in [2.24, 2.45) is 0 Å². The van der Waals surface area contributed by atoms with Crippen LogP contribution >= 0.6 is 11.6 Å². The topological polar surface area (TPSA) is 111 Å². The number of imidazole rings is 1. The maximum absolute atomic E-state index is 13.0. The summed E-state index contributed by atoms with van der Waals surface area (Å²) in [4.78, 5) is 45.6. The fourth-order valence-electron chi connectivity index (χ4n) is 6.87. The van der Waals surface area contributed by atoms with Gasteiger partial charge in [-0.25, -0.2) is 19.7 Å². The Balaban J connectivity index is 0.910. The Kier molecular flexibility index (Phi) is 7.28. The van der Waals surface area contributed by atoms with Gasteiger partial charge in [0.05, 0.1) is 22.4 Å². The van der Waals surface area contributed by atoms with E-state index < -0.39 is 0 Å². The predicted molar refractivity (Wildman–Crippen MR) is 169 cm³/mol. The van der Waals surface area contributed by atoms with Crippen molar-refractivity contribution in [2.75, 3.05) is 55.6 Å². The van der Waals surface area contributed by atoms with Crippen molar-refractivity contribution in [3.63, 3.8) is 0 Å². The number of benzene rings is 1. The molecule has 1 spiro atoms. The summed E-state index contributed by atoms with van der Waals surface area (Å²) in [5, 5.41) is 6.44. The van der Waals surface area contributed by atoms with Gasteiger partial charge in [0.2, 0.25) is 0 Å². The summed E-state index contributed by atoms with van der Waals surface area (Å²) in [6.07, 6.45) is 11.7. The number of rotatable bonds is 7.